The highest BCUT2D eigenvalue weighted by Crippen LogP contribution is 2.33. The molecule has 2 heterocycles. The van der Waals surface area contributed by atoms with E-state index in [0.717, 1.165) is 31.8 Å². The lowest BCUT2D eigenvalue weighted by molar-refractivity contribution is -0.125. The molecular weight excluding hydrogens is 422 g/mol. The molecule has 6 nitrogen and oxygen atoms in total. The van der Waals surface area contributed by atoms with Crippen LogP contribution in [0, 0.1) is 6.92 Å². The lowest BCUT2D eigenvalue weighted by Gasteiger charge is -2.18. The zero-order valence-corrected chi connectivity index (χ0v) is 19.5. The third-order valence-corrected chi connectivity index (χ3v) is 6.63. The summed E-state index contributed by atoms with van der Waals surface area (Å²) in [5.74, 6) is 0.576. The van der Waals surface area contributed by atoms with Crippen LogP contribution in [0.1, 0.15) is 44.5 Å². The molecule has 2 aromatic heterocycles. The van der Waals surface area contributed by atoms with Crippen molar-refractivity contribution in [1.29, 1.82) is 0 Å². The number of hydrogen-bond acceptors (Lipinski definition) is 5. The number of thiophene rings is 1. The van der Waals surface area contributed by atoms with E-state index in [2.05, 4.69) is 10.4 Å². The number of carbonyl (C=O) groups excluding carboxylic acids is 1. The fourth-order valence-corrected chi connectivity index (χ4v) is 4.96. The Hall–Kier alpha value is -3.19. The van der Waals surface area contributed by atoms with Gasteiger partial charge in [0, 0.05) is 16.6 Å². The van der Waals surface area contributed by atoms with Gasteiger partial charge in [-0.25, -0.2) is 4.68 Å². The summed E-state index contributed by atoms with van der Waals surface area (Å²) in [4.78, 5) is 26.4. The lowest BCUT2D eigenvalue weighted by atomic mass is 10.1. The fourth-order valence-electron chi connectivity index (χ4n) is 3.83. The Labute approximate surface area is 190 Å². The Morgan fingerprint density at radius 3 is 2.56 bits per heavy atom. The number of amides is 1. The number of nitrogens with one attached hydrogen (secondary N) is 1. The van der Waals surface area contributed by atoms with Gasteiger partial charge in [0.15, 0.2) is 0 Å². The molecule has 0 saturated carbocycles. The van der Waals surface area contributed by atoms with Gasteiger partial charge in [0.1, 0.15) is 11.8 Å². The highest BCUT2D eigenvalue weighted by Gasteiger charge is 2.24. The fraction of sp³-hybridized carbons (Fsp3) is 0.320. The predicted molar refractivity (Wildman–Crippen MR) is 130 cm³/mol. The van der Waals surface area contributed by atoms with Crippen molar-refractivity contribution in [3.05, 3.63) is 70.1 Å². The minimum atomic E-state index is -0.673. The Morgan fingerprint density at radius 1 is 1.16 bits per heavy atom. The van der Waals surface area contributed by atoms with Gasteiger partial charge >= 0.3 is 0 Å². The summed E-state index contributed by atoms with van der Waals surface area (Å²) in [6.07, 6.45) is 0.574. The molecule has 32 heavy (non-hydrogen) atoms. The van der Waals surface area contributed by atoms with Crippen LogP contribution in [0.4, 0.5) is 0 Å². The number of carbonyl (C=O) groups is 1. The Balaban J connectivity index is 1.59. The molecule has 0 aliphatic rings. The summed E-state index contributed by atoms with van der Waals surface area (Å²) in [6.45, 7) is 8.11. The Bertz CT molecular complexity index is 1320. The minimum absolute atomic E-state index is 0.109. The Morgan fingerprint density at radius 2 is 1.88 bits per heavy atom. The maximum absolute atomic E-state index is 13.4. The van der Waals surface area contributed by atoms with Gasteiger partial charge in [0.05, 0.1) is 21.9 Å². The van der Waals surface area contributed by atoms with Crippen molar-refractivity contribution in [3.8, 4) is 5.75 Å². The van der Waals surface area contributed by atoms with Crippen molar-refractivity contribution < 1.29 is 9.53 Å². The Kier molecular flexibility index (Phi) is 6.28. The second kappa shape index (κ2) is 9.12. The molecule has 4 aromatic rings. The van der Waals surface area contributed by atoms with E-state index in [-0.39, 0.29) is 17.6 Å². The summed E-state index contributed by atoms with van der Waals surface area (Å²) in [6, 6.07) is 14.8. The normalized spacial score (nSPS) is 12.4. The number of ether oxygens (including phenoxy) is 1. The molecule has 0 aliphatic carbocycles. The summed E-state index contributed by atoms with van der Waals surface area (Å²) >= 11 is 1.56. The topological polar surface area (TPSA) is 73.2 Å². The van der Waals surface area contributed by atoms with E-state index >= 15 is 0 Å². The zero-order valence-electron chi connectivity index (χ0n) is 18.7. The van der Waals surface area contributed by atoms with Gasteiger partial charge in [0.2, 0.25) is 5.91 Å². The molecule has 1 atom stereocenters. The van der Waals surface area contributed by atoms with Gasteiger partial charge in [-0.3, -0.25) is 9.59 Å². The number of aryl methyl sites for hydroxylation is 1. The van der Waals surface area contributed by atoms with Crippen molar-refractivity contribution in [2.45, 2.75) is 52.8 Å². The molecule has 2 aromatic carbocycles. The first-order valence-corrected chi connectivity index (χ1v) is 11.6. The third-order valence-electron chi connectivity index (χ3n) is 5.35. The molecule has 0 fully saturated rings. The number of hydrogen-bond donors (Lipinski definition) is 1. The predicted octanol–water partition coefficient (Wildman–Crippen LogP) is 4.97. The lowest BCUT2D eigenvalue weighted by Crippen LogP contribution is -2.38. The molecule has 0 radical (unpaired) electrons. The summed E-state index contributed by atoms with van der Waals surface area (Å²) < 4.78 is 8.94. The van der Waals surface area contributed by atoms with Crippen LogP contribution < -0.4 is 15.6 Å². The molecular formula is C25H27N3O3S. The van der Waals surface area contributed by atoms with E-state index in [1.807, 2.05) is 76.2 Å². The first-order valence-electron chi connectivity index (χ1n) is 10.8. The van der Waals surface area contributed by atoms with Crippen molar-refractivity contribution >= 4 is 37.4 Å². The van der Waals surface area contributed by atoms with E-state index in [1.165, 1.54) is 4.68 Å². The highest BCUT2D eigenvalue weighted by atomic mass is 32.1. The molecule has 4 rings (SSSR count). The maximum Gasteiger partial charge on any atom is 0.276 e. The largest absolute Gasteiger partial charge is 0.491 e. The molecule has 0 saturated heterocycles. The van der Waals surface area contributed by atoms with Crippen LogP contribution >= 0.6 is 11.3 Å². The van der Waals surface area contributed by atoms with Crippen molar-refractivity contribution in [2.75, 3.05) is 0 Å². The monoisotopic (exact) mass is 449 g/mol. The molecule has 7 heteroatoms. The van der Waals surface area contributed by atoms with Crippen molar-refractivity contribution in [3.63, 3.8) is 0 Å². The quantitative estimate of drug-likeness (QED) is 0.432. The van der Waals surface area contributed by atoms with E-state index in [4.69, 9.17) is 4.74 Å². The van der Waals surface area contributed by atoms with Crippen LogP contribution in [-0.4, -0.2) is 21.8 Å². The van der Waals surface area contributed by atoms with Crippen LogP contribution in [0.25, 0.3) is 20.2 Å². The summed E-state index contributed by atoms with van der Waals surface area (Å²) in [7, 11) is 0. The summed E-state index contributed by atoms with van der Waals surface area (Å²) in [5, 5.41) is 9.03. The van der Waals surface area contributed by atoms with Gasteiger partial charge in [0.25, 0.3) is 5.56 Å². The van der Waals surface area contributed by atoms with E-state index in [1.54, 1.807) is 11.3 Å². The number of benzene rings is 2. The summed E-state index contributed by atoms with van der Waals surface area (Å²) in [5.41, 5.74) is 1.49. The van der Waals surface area contributed by atoms with Gasteiger partial charge in [-0.05, 0) is 51.0 Å². The molecule has 0 unspecified atom stereocenters. The first kappa shape index (κ1) is 22.0. The second-order valence-electron chi connectivity index (χ2n) is 8.09. The maximum atomic E-state index is 13.4. The first-order chi connectivity index (χ1) is 15.4. The van der Waals surface area contributed by atoms with Crippen LogP contribution in [0.15, 0.2) is 53.3 Å². The van der Waals surface area contributed by atoms with Gasteiger partial charge in [-0.2, -0.15) is 5.10 Å². The third kappa shape index (κ3) is 4.25. The number of fused-ring (bicyclic) bond motifs is 3. The minimum Gasteiger partial charge on any atom is -0.491 e. The molecule has 0 spiro atoms. The van der Waals surface area contributed by atoms with Gasteiger partial charge in [-0.1, -0.05) is 37.3 Å². The highest BCUT2D eigenvalue weighted by molar-refractivity contribution is 7.26. The molecule has 0 aliphatic heterocycles. The van der Waals surface area contributed by atoms with E-state index in [0.29, 0.717) is 18.4 Å². The van der Waals surface area contributed by atoms with Crippen molar-refractivity contribution in [2.24, 2.45) is 0 Å². The number of rotatable bonds is 7. The second-order valence-corrected chi connectivity index (χ2v) is 9.14. The van der Waals surface area contributed by atoms with E-state index < -0.39 is 6.04 Å². The molecule has 1 N–H and O–H groups in total. The molecule has 166 valence electrons. The van der Waals surface area contributed by atoms with Gasteiger partial charge in [-0.15, -0.1) is 11.3 Å². The van der Waals surface area contributed by atoms with Crippen molar-refractivity contribution in [1.82, 2.24) is 15.1 Å². The van der Waals surface area contributed by atoms with Crippen LogP contribution in [0.2, 0.25) is 0 Å². The average molecular weight is 450 g/mol. The molecule has 1 amide bonds. The van der Waals surface area contributed by atoms with Crippen LogP contribution in [0.3, 0.4) is 0 Å². The van der Waals surface area contributed by atoms with Crippen LogP contribution in [0.5, 0.6) is 5.75 Å². The number of nitrogens with zero attached hydrogens (tertiary/aromatic N) is 2. The molecule has 0 bridgehead atoms. The zero-order chi connectivity index (χ0) is 22.8. The average Bonchev–Trinajstić information content (AvgIpc) is 3.17. The van der Waals surface area contributed by atoms with Crippen LogP contribution in [-0.2, 0) is 11.3 Å². The number of aromatic nitrogens is 2. The SMILES string of the molecule is CC[C@@H](C(=O)NCc1ccc(OC(C)C)cc1)n1nc(C)c2sc3ccccc3c2c1=O. The smallest absolute Gasteiger partial charge is 0.276 e. The van der Waals surface area contributed by atoms with Gasteiger partial charge < -0.3 is 10.1 Å². The standard InChI is InChI=1S/C25H27N3O3S/c1-5-20(24(29)26-14-17-10-12-18(13-11-17)31-15(2)3)28-25(30)22-19-8-6-7-9-21(19)32-23(22)16(4)27-28/h6-13,15,20H,5,14H2,1-4H3,(H,26,29)/t20-/m0/s1. The van der Waals surface area contributed by atoms with E-state index in [9.17, 15) is 9.59 Å².